The van der Waals surface area contributed by atoms with Crippen molar-refractivity contribution in [3.8, 4) is 0 Å². The summed E-state index contributed by atoms with van der Waals surface area (Å²) >= 11 is 6.28. The fourth-order valence-corrected chi connectivity index (χ4v) is 2.63. The standard InChI is InChI=1S/C13H17ClN2O/c1-7(2)13(15-3)9-4-8-5-12(17)16-11(8)6-10(9)14/h4,6-7,13,15H,5H2,1-3H3,(H,16,17). The third-order valence-electron chi connectivity index (χ3n) is 3.16. The van der Waals surface area contributed by atoms with E-state index in [1.165, 1.54) is 0 Å². The van der Waals surface area contributed by atoms with Gasteiger partial charge >= 0.3 is 0 Å². The van der Waals surface area contributed by atoms with Crippen LogP contribution in [0.3, 0.4) is 0 Å². The SMILES string of the molecule is CNC(c1cc2c(cc1Cl)NC(=O)C2)C(C)C. The Balaban J connectivity index is 2.43. The van der Waals surface area contributed by atoms with Crippen LogP contribution < -0.4 is 10.6 Å². The first-order valence-electron chi connectivity index (χ1n) is 5.82. The molecule has 0 aliphatic carbocycles. The van der Waals surface area contributed by atoms with Crippen LogP contribution in [0.25, 0.3) is 0 Å². The van der Waals surface area contributed by atoms with Crippen molar-refractivity contribution < 1.29 is 4.79 Å². The number of amides is 1. The van der Waals surface area contributed by atoms with Gasteiger partial charge in [0.15, 0.2) is 0 Å². The van der Waals surface area contributed by atoms with E-state index in [4.69, 9.17) is 11.6 Å². The van der Waals surface area contributed by atoms with Crippen molar-refractivity contribution in [3.05, 3.63) is 28.3 Å². The van der Waals surface area contributed by atoms with E-state index in [0.717, 1.165) is 16.8 Å². The molecule has 0 saturated carbocycles. The van der Waals surface area contributed by atoms with Gasteiger partial charge in [-0.25, -0.2) is 0 Å². The van der Waals surface area contributed by atoms with Crippen LogP contribution in [0.5, 0.6) is 0 Å². The van der Waals surface area contributed by atoms with Crippen LogP contribution in [-0.2, 0) is 11.2 Å². The molecule has 2 rings (SSSR count). The second-order valence-corrected chi connectivity index (χ2v) is 5.17. The smallest absolute Gasteiger partial charge is 0.228 e. The summed E-state index contributed by atoms with van der Waals surface area (Å²) in [6.07, 6.45) is 0.452. The summed E-state index contributed by atoms with van der Waals surface area (Å²) in [4.78, 5) is 11.3. The molecule has 1 atom stereocenters. The summed E-state index contributed by atoms with van der Waals surface area (Å²) in [5.74, 6) is 0.486. The van der Waals surface area contributed by atoms with Gasteiger partial charge in [-0.15, -0.1) is 0 Å². The van der Waals surface area contributed by atoms with Crippen molar-refractivity contribution in [3.63, 3.8) is 0 Å². The lowest BCUT2D eigenvalue weighted by atomic mass is 9.94. The highest BCUT2D eigenvalue weighted by molar-refractivity contribution is 6.32. The number of fused-ring (bicyclic) bond motifs is 1. The monoisotopic (exact) mass is 252 g/mol. The fourth-order valence-electron chi connectivity index (χ4n) is 2.35. The Labute approximate surface area is 107 Å². The lowest BCUT2D eigenvalue weighted by Crippen LogP contribution is -2.22. The van der Waals surface area contributed by atoms with Crippen molar-refractivity contribution in [1.29, 1.82) is 0 Å². The number of hydrogen-bond donors (Lipinski definition) is 2. The number of halogens is 1. The zero-order valence-electron chi connectivity index (χ0n) is 10.3. The van der Waals surface area contributed by atoms with E-state index < -0.39 is 0 Å². The zero-order chi connectivity index (χ0) is 12.6. The molecule has 4 heteroatoms. The summed E-state index contributed by atoms with van der Waals surface area (Å²) in [6.45, 7) is 4.29. The summed E-state index contributed by atoms with van der Waals surface area (Å²) in [5.41, 5.74) is 2.96. The van der Waals surface area contributed by atoms with Crippen LogP contribution >= 0.6 is 11.6 Å². The predicted molar refractivity (Wildman–Crippen MR) is 70.4 cm³/mol. The molecule has 92 valence electrons. The van der Waals surface area contributed by atoms with Crippen LogP contribution in [0.4, 0.5) is 5.69 Å². The number of hydrogen-bond acceptors (Lipinski definition) is 2. The van der Waals surface area contributed by atoms with Gasteiger partial charge in [-0.05, 0) is 30.2 Å². The van der Waals surface area contributed by atoms with E-state index in [9.17, 15) is 4.79 Å². The van der Waals surface area contributed by atoms with E-state index >= 15 is 0 Å². The number of benzene rings is 1. The lowest BCUT2D eigenvalue weighted by molar-refractivity contribution is -0.115. The summed E-state index contributed by atoms with van der Waals surface area (Å²) < 4.78 is 0. The van der Waals surface area contributed by atoms with Crippen LogP contribution in [0.2, 0.25) is 5.02 Å². The number of carbonyl (C=O) groups is 1. The van der Waals surface area contributed by atoms with Crippen molar-refractivity contribution in [2.45, 2.75) is 26.3 Å². The molecule has 1 aliphatic heterocycles. The third kappa shape index (κ3) is 2.31. The van der Waals surface area contributed by atoms with Gasteiger partial charge in [-0.2, -0.15) is 0 Å². The van der Waals surface area contributed by atoms with Gasteiger partial charge in [0.05, 0.1) is 6.42 Å². The van der Waals surface area contributed by atoms with Gasteiger partial charge in [0.1, 0.15) is 0 Å². The largest absolute Gasteiger partial charge is 0.325 e. The molecule has 0 fully saturated rings. The minimum atomic E-state index is 0.0405. The summed E-state index contributed by atoms with van der Waals surface area (Å²) in [7, 11) is 1.93. The van der Waals surface area contributed by atoms with Gasteiger partial charge in [-0.1, -0.05) is 31.5 Å². The van der Waals surface area contributed by atoms with E-state index in [-0.39, 0.29) is 11.9 Å². The Morgan fingerprint density at radius 2 is 2.12 bits per heavy atom. The first kappa shape index (κ1) is 12.4. The molecule has 1 aliphatic rings. The molecule has 1 heterocycles. The van der Waals surface area contributed by atoms with Gasteiger partial charge in [0.25, 0.3) is 0 Å². The normalized spacial score (nSPS) is 15.9. The van der Waals surface area contributed by atoms with Crippen molar-refractivity contribution >= 4 is 23.2 Å². The third-order valence-corrected chi connectivity index (χ3v) is 3.49. The van der Waals surface area contributed by atoms with Crippen LogP contribution in [0, 0.1) is 5.92 Å². The van der Waals surface area contributed by atoms with E-state index in [1.807, 2.05) is 19.2 Å². The molecule has 17 heavy (non-hydrogen) atoms. The van der Waals surface area contributed by atoms with Crippen LogP contribution in [-0.4, -0.2) is 13.0 Å². The quantitative estimate of drug-likeness (QED) is 0.869. The first-order chi connectivity index (χ1) is 8.02. The van der Waals surface area contributed by atoms with Crippen LogP contribution in [0.15, 0.2) is 12.1 Å². The molecule has 3 nitrogen and oxygen atoms in total. The molecule has 0 aromatic heterocycles. The fraction of sp³-hybridized carbons (Fsp3) is 0.462. The molecule has 1 aromatic rings. The maximum Gasteiger partial charge on any atom is 0.228 e. The van der Waals surface area contributed by atoms with Crippen molar-refractivity contribution in [1.82, 2.24) is 5.32 Å². The molecule has 1 amide bonds. The Morgan fingerprint density at radius 1 is 1.41 bits per heavy atom. The summed E-state index contributed by atoms with van der Waals surface area (Å²) in [6, 6.07) is 4.10. The highest BCUT2D eigenvalue weighted by Crippen LogP contribution is 2.35. The average Bonchev–Trinajstić information content (AvgIpc) is 2.58. The molecule has 1 unspecified atom stereocenters. The highest BCUT2D eigenvalue weighted by atomic mass is 35.5. The maximum absolute atomic E-state index is 11.3. The Morgan fingerprint density at radius 3 is 2.71 bits per heavy atom. The average molecular weight is 253 g/mol. The van der Waals surface area contributed by atoms with Gasteiger partial charge in [0, 0.05) is 16.8 Å². The Hall–Kier alpha value is -1.06. The molecular weight excluding hydrogens is 236 g/mol. The molecule has 0 spiro atoms. The second-order valence-electron chi connectivity index (χ2n) is 4.77. The lowest BCUT2D eigenvalue weighted by Gasteiger charge is -2.22. The van der Waals surface area contributed by atoms with Gasteiger partial charge in [-0.3, -0.25) is 4.79 Å². The minimum absolute atomic E-state index is 0.0405. The predicted octanol–water partition coefficient (Wildman–Crippen LogP) is 2.75. The Bertz CT molecular complexity index is 457. The maximum atomic E-state index is 11.3. The van der Waals surface area contributed by atoms with E-state index in [2.05, 4.69) is 24.5 Å². The van der Waals surface area contributed by atoms with E-state index in [0.29, 0.717) is 17.4 Å². The Kier molecular flexibility index (Phi) is 3.40. The molecule has 1 aromatic carbocycles. The topological polar surface area (TPSA) is 41.1 Å². The van der Waals surface area contributed by atoms with Crippen molar-refractivity contribution in [2.75, 3.05) is 12.4 Å². The van der Waals surface area contributed by atoms with Crippen LogP contribution in [0.1, 0.15) is 31.0 Å². The summed E-state index contributed by atoms with van der Waals surface area (Å²) in [5, 5.41) is 6.79. The second kappa shape index (κ2) is 4.67. The number of nitrogens with one attached hydrogen (secondary N) is 2. The number of carbonyl (C=O) groups excluding carboxylic acids is 1. The zero-order valence-corrected chi connectivity index (χ0v) is 11.1. The molecule has 0 radical (unpaired) electrons. The van der Waals surface area contributed by atoms with Crippen molar-refractivity contribution in [2.24, 2.45) is 5.92 Å². The molecular formula is C13H17ClN2O. The highest BCUT2D eigenvalue weighted by Gasteiger charge is 2.23. The molecule has 2 N–H and O–H groups in total. The molecule has 0 bridgehead atoms. The molecule has 0 saturated heterocycles. The number of anilines is 1. The van der Waals surface area contributed by atoms with Gasteiger partial charge < -0.3 is 10.6 Å². The minimum Gasteiger partial charge on any atom is -0.325 e. The van der Waals surface area contributed by atoms with Gasteiger partial charge in [0.2, 0.25) is 5.91 Å². The van der Waals surface area contributed by atoms with E-state index in [1.54, 1.807) is 0 Å². The first-order valence-corrected chi connectivity index (χ1v) is 6.20. The number of rotatable bonds is 3.